The zero-order valence-electron chi connectivity index (χ0n) is 14.0. The minimum atomic E-state index is 0.166. The third-order valence-corrected chi connectivity index (χ3v) is 5.02. The van der Waals surface area contributed by atoms with Gasteiger partial charge in [0.1, 0.15) is 11.5 Å². The van der Waals surface area contributed by atoms with Gasteiger partial charge in [-0.3, -0.25) is 9.69 Å². The summed E-state index contributed by atoms with van der Waals surface area (Å²) < 4.78 is 2.15. The van der Waals surface area contributed by atoms with E-state index in [9.17, 15) is 4.79 Å². The maximum Gasteiger partial charge on any atom is 0.270 e. The molecule has 6 heteroatoms. The van der Waals surface area contributed by atoms with Crippen LogP contribution in [0, 0.1) is 0 Å². The van der Waals surface area contributed by atoms with Crippen LogP contribution >= 0.6 is 0 Å². The van der Waals surface area contributed by atoms with Gasteiger partial charge in [0.05, 0.1) is 6.54 Å². The Morgan fingerprint density at radius 2 is 2.04 bits per heavy atom. The van der Waals surface area contributed by atoms with E-state index < -0.39 is 0 Å². The van der Waals surface area contributed by atoms with E-state index in [0.717, 1.165) is 31.0 Å². The van der Waals surface area contributed by atoms with E-state index >= 15 is 0 Å². The largest absolute Gasteiger partial charge is 0.340 e. The first-order valence-electron chi connectivity index (χ1n) is 8.64. The Bertz CT molecular complexity index is 709. The first-order valence-corrected chi connectivity index (χ1v) is 8.64. The normalized spacial score (nSPS) is 20.8. The fourth-order valence-electron chi connectivity index (χ4n) is 3.46. The van der Waals surface area contributed by atoms with Gasteiger partial charge in [-0.1, -0.05) is 0 Å². The Balaban J connectivity index is 1.39. The Labute approximate surface area is 142 Å². The van der Waals surface area contributed by atoms with Crippen molar-refractivity contribution in [2.75, 3.05) is 20.1 Å². The molecular weight excluding hydrogens is 302 g/mol. The topological polar surface area (TPSA) is 54.3 Å². The molecule has 1 atom stereocenters. The maximum atomic E-state index is 12.8. The number of hydrogen-bond donors (Lipinski definition) is 0. The molecule has 0 N–H and O–H groups in total. The number of carbonyl (C=O) groups is 1. The molecule has 0 aromatic carbocycles. The van der Waals surface area contributed by atoms with Crippen LogP contribution < -0.4 is 0 Å². The lowest BCUT2D eigenvalue weighted by molar-refractivity contribution is 0.0768. The van der Waals surface area contributed by atoms with Crippen LogP contribution in [0.1, 0.15) is 41.6 Å². The minimum Gasteiger partial charge on any atom is -0.340 e. The summed E-state index contributed by atoms with van der Waals surface area (Å²) in [6, 6.07) is 6.67. The summed E-state index contributed by atoms with van der Waals surface area (Å²) in [5.41, 5.74) is 0.840. The average molecular weight is 325 g/mol. The van der Waals surface area contributed by atoms with Crippen molar-refractivity contribution in [3.63, 3.8) is 0 Å². The summed E-state index contributed by atoms with van der Waals surface area (Å²) >= 11 is 0. The lowest BCUT2D eigenvalue weighted by Crippen LogP contribution is -2.37. The lowest BCUT2D eigenvalue weighted by atomic mass is 10.2. The van der Waals surface area contributed by atoms with E-state index in [1.807, 2.05) is 29.3 Å². The number of likely N-dealkylation sites (tertiary alicyclic amines) is 1. The van der Waals surface area contributed by atoms with Crippen molar-refractivity contribution in [2.24, 2.45) is 0 Å². The maximum absolute atomic E-state index is 12.8. The minimum absolute atomic E-state index is 0.166. The monoisotopic (exact) mass is 325 g/mol. The molecule has 0 spiro atoms. The second-order valence-electron chi connectivity index (χ2n) is 6.81. The van der Waals surface area contributed by atoms with Crippen LogP contribution in [0.15, 0.2) is 36.8 Å². The van der Waals surface area contributed by atoms with E-state index in [0.29, 0.717) is 18.6 Å². The second kappa shape index (κ2) is 6.36. The van der Waals surface area contributed by atoms with Gasteiger partial charge < -0.3 is 9.47 Å². The molecule has 1 aliphatic carbocycles. The highest BCUT2D eigenvalue weighted by Gasteiger charge is 2.33. The van der Waals surface area contributed by atoms with Crippen molar-refractivity contribution in [1.82, 2.24) is 24.3 Å². The first kappa shape index (κ1) is 15.3. The number of nitrogens with zero attached hydrogens (tertiary/aromatic N) is 5. The molecular formula is C18H23N5O. The molecule has 24 heavy (non-hydrogen) atoms. The highest BCUT2D eigenvalue weighted by atomic mass is 16.2. The average Bonchev–Trinajstić information content (AvgIpc) is 3.13. The summed E-state index contributed by atoms with van der Waals surface area (Å²) in [5, 5.41) is 0. The highest BCUT2D eigenvalue weighted by molar-refractivity contribution is 5.93. The molecule has 2 fully saturated rings. The molecule has 1 aliphatic heterocycles. The Kier molecular flexibility index (Phi) is 4.06. The predicted octanol–water partition coefficient (Wildman–Crippen LogP) is 1.96. The SMILES string of the molecule is CN(Cc1ncccn1)C1CCN(C(=O)c2cccn2C2CC2)C1. The van der Waals surface area contributed by atoms with Gasteiger partial charge in [0.25, 0.3) is 5.91 Å². The molecule has 2 aromatic rings. The summed E-state index contributed by atoms with van der Waals surface area (Å²) in [7, 11) is 2.09. The molecule has 3 heterocycles. The van der Waals surface area contributed by atoms with Crippen molar-refractivity contribution < 1.29 is 4.79 Å². The van der Waals surface area contributed by atoms with Gasteiger partial charge in [0.15, 0.2) is 0 Å². The van der Waals surface area contributed by atoms with Crippen molar-refractivity contribution in [1.29, 1.82) is 0 Å². The number of likely N-dealkylation sites (N-methyl/N-ethyl adjacent to an activating group) is 1. The molecule has 2 aromatic heterocycles. The molecule has 6 nitrogen and oxygen atoms in total. The van der Waals surface area contributed by atoms with E-state index in [4.69, 9.17) is 0 Å². The molecule has 2 aliphatic rings. The Hall–Kier alpha value is -2.21. The molecule has 1 saturated heterocycles. The fraction of sp³-hybridized carbons (Fsp3) is 0.500. The number of aromatic nitrogens is 3. The van der Waals surface area contributed by atoms with E-state index in [2.05, 4.69) is 26.5 Å². The van der Waals surface area contributed by atoms with Crippen LogP contribution in [-0.4, -0.2) is 56.4 Å². The number of carbonyl (C=O) groups excluding carboxylic acids is 1. The lowest BCUT2D eigenvalue weighted by Gasteiger charge is -2.24. The number of hydrogen-bond acceptors (Lipinski definition) is 4. The zero-order valence-corrected chi connectivity index (χ0v) is 14.0. The molecule has 1 amide bonds. The number of rotatable bonds is 5. The van der Waals surface area contributed by atoms with Gasteiger partial charge in [-0.15, -0.1) is 0 Å². The van der Waals surface area contributed by atoms with Gasteiger partial charge >= 0.3 is 0 Å². The zero-order chi connectivity index (χ0) is 16.5. The fourth-order valence-corrected chi connectivity index (χ4v) is 3.46. The molecule has 1 saturated carbocycles. The van der Waals surface area contributed by atoms with Crippen molar-refractivity contribution in [2.45, 2.75) is 37.9 Å². The standard InChI is InChI=1S/C18H23N5O/c1-21(13-17-19-8-3-9-20-17)15-7-11-22(12-15)18(24)16-4-2-10-23(16)14-5-6-14/h2-4,8-10,14-15H,5-7,11-13H2,1H3. The van der Waals surface area contributed by atoms with Crippen molar-refractivity contribution in [3.8, 4) is 0 Å². The van der Waals surface area contributed by atoms with E-state index in [1.165, 1.54) is 12.8 Å². The summed E-state index contributed by atoms with van der Waals surface area (Å²) in [4.78, 5) is 25.7. The van der Waals surface area contributed by atoms with Crippen LogP contribution in [0.4, 0.5) is 0 Å². The Morgan fingerprint density at radius 3 is 2.79 bits per heavy atom. The molecule has 1 unspecified atom stereocenters. The van der Waals surface area contributed by atoms with Gasteiger partial charge in [0, 0.05) is 43.8 Å². The van der Waals surface area contributed by atoms with Crippen LogP contribution in [0.5, 0.6) is 0 Å². The molecule has 0 radical (unpaired) electrons. The van der Waals surface area contributed by atoms with Crippen LogP contribution in [0.2, 0.25) is 0 Å². The summed E-state index contributed by atoms with van der Waals surface area (Å²) in [5.74, 6) is 0.992. The Morgan fingerprint density at radius 1 is 1.25 bits per heavy atom. The third kappa shape index (κ3) is 3.06. The van der Waals surface area contributed by atoms with Crippen LogP contribution in [0.25, 0.3) is 0 Å². The van der Waals surface area contributed by atoms with Gasteiger partial charge in [-0.25, -0.2) is 9.97 Å². The van der Waals surface area contributed by atoms with Crippen LogP contribution in [-0.2, 0) is 6.54 Å². The second-order valence-corrected chi connectivity index (χ2v) is 6.81. The summed E-state index contributed by atoms with van der Waals surface area (Å²) in [6.07, 6.45) is 8.96. The molecule has 126 valence electrons. The van der Waals surface area contributed by atoms with Crippen molar-refractivity contribution >= 4 is 5.91 Å². The smallest absolute Gasteiger partial charge is 0.270 e. The predicted molar refractivity (Wildman–Crippen MR) is 90.5 cm³/mol. The van der Waals surface area contributed by atoms with Crippen molar-refractivity contribution in [3.05, 3.63) is 48.3 Å². The van der Waals surface area contributed by atoms with Gasteiger partial charge in [0.2, 0.25) is 0 Å². The third-order valence-electron chi connectivity index (χ3n) is 5.02. The van der Waals surface area contributed by atoms with Gasteiger partial charge in [-0.05, 0) is 44.5 Å². The van der Waals surface area contributed by atoms with Gasteiger partial charge in [-0.2, -0.15) is 0 Å². The quantitative estimate of drug-likeness (QED) is 0.843. The number of amides is 1. The first-order chi connectivity index (χ1) is 11.7. The van der Waals surface area contributed by atoms with E-state index in [1.54, 1.807) is 12.4 Å². The molecule has 0 bridgehead atoms. The van der Waals surface area contributed by atoms with Crippen LogP contribution in [0.3, 0.4) is 0 Å². The highest BCUT2D eigenvalue weighted by Crippen LogP contribution is 2.36. The summed E-state index contributed by atoms with van der Waals surface area (Å²) in [6.45, 7) is 2.31. The van der Waals surface area contributed by atoms with E-state index in [-0.39, 0.29) is 5.91 Å². The molecule has 4 rings (SSSR count).